The standard InChI is InChI=1S/C14H22N2OS/c17-10-11-4-3-6-16-13(11)9-15-14(16)8-12-5-1-2-7-18-12/h9,11-12,17H,1-8,10H2. The van der Waals surface area contributed by atoms with E-state index >= 15 is 0 Å². The monoisotopic (exact) mass is 266 g/mol. The molecule has 1 fully saturated rings. The Hall–Kier alpha value is -0.480. The van der Waals surface area contributed by atoms with Crippen LogP contribution in [0.25, 0.3) is 0 Å². The van der Waals surface area contributed by atoms with Crippen molar-refractivity contribution in [2.24, 2.45) is 0 Å². The second kappa shape index (κ2) is 5.66. The summed E-state index contributed by atoms with van der Waals surface area (Å²) in [6, 6.07) is 0. The molecule has 3 heterocycles. The molecule has 2 atom stereocenters. The average molecular weight is 266 g/mol. The molecular formula is C14H22N2OS. The van der Waals surface area contributed by atoms with Crippen LogP contribution >= 0.6 is 11.8 Å². The lowest BCUT2D eigenvalue weighted by Crippen LogP contribution is -2.21. The fraction of sp³-hybridized carbons (Fsp3) is 0.786. The summed E-state index contributed by atoms with van der Waals surface area (Å²) in [4.78, 5) is 4.63. The normalized spacial score (nSPS) is 28.1. The van der Waals surface area contributed by atoms with Crippen LogP contribution in [-0.2, 0) is 13.0 Å². The number of imidazole rings is 1. The Kier molecular flexibility index (Phi) is 3.94. The van der Waals surface area contributed by atoms with Gasteiger partial charge < -0.3 is 9.67 Å². The summed E-state index contributed by atoms with van der Waals surface area (Å²) in [5, 5.41) is 10.2. The van der Waals surface area contributed by atoms with Gasteiger partial charge in [0.25, 0.3) is 0 Å². The number of rotatable bonds is 3. The highest BCUT2D eigenvalue weighted by molar-refractivity contribution is 7.99. The van der Waals surface area contributed by atoms with E-state index in [0.29, 0.717) is 5.92 Å². The third-order valence-electron chi connectivity index (χ3n) is 4.23. The molecule has 1 aromatic heterocycles. The molecule has 1 aromatic rings. The molecule has 0 spiro atoms. The van der Waals surface area contributed by atoms with Gasteiger partial charge in [-0.05, 0) is 31.4 Å². The summed E-state index contributed by atoms with van der Waals surface area (Å²) in [5.74, 6) is 2.89. The number of aromatic nitrogens is 2. The van der Waals surface area contributed by atoms with Crippen molar-refractivity contribution in [3.63, 3.8) is 0 Å². The van der Waals surface area contributed by atoms with Crippen LogP contribution in [0.1, 0.15) is 49.5 Å². The van der Waals surface area contributed by atoms with Gasteiger partial charge in [0, 0.05) is 36.0 Å². The number of thioether (sulfide) groups is 1. The van der Waals surface area contributed by atoms with Crippen LogP contribution in [0.5, 0.6) is 0 Å². The van der Waals surface area contributed by atoms with Gasteiger partial charge in [0.05, 0.1) is 6.61 Å². The van der Waals surface area contributed by atoms with Crippen molar-refractivity contribution < 1.29 is 5.11 Å². The Bertz CT molecular complexity index is 398. The third kappa shape index (κ3) is 2.45. The Morgan fingerprint density at radius 1 is 1.33 bits per heavy atom. The molecule has 3 rings (SSSR count). The van der Waals surface area contributed by atoms with Gasteiger partial charge in [-0.15, -0.1) is 0 Å². The number of hydrogen-bond donors (Lipinski definition) is 1. The zero-order valence-electron chi connectivity index (χ0n) is 10.8. The number of nitrogens with zero attached hydrogens (tertiary/aromatic N) is 2. The van der Waals surface area contributed by atoms with Crippen molar-refractivity contribution in [2.45, 2.75) is 56.2 Å². The van der Waals surface area contributed by atoms with Crippen molar-refractivity contribution in [3.05, 3.63) is 17.7 Å². The van der Waals surface area contributed by atoms with Crippen molar-refractivity contribution in [1.29, 1.82) is 0 Å². The summed E-state index contributed by atoms with van der Waals surface area (Å²) in [5.41, 5.74) is 1.26. The average Bonchev–Trinajstić information content (AvgIpc) is 2.83. The van der Waals surface area contributed by atoms with Crippen LogP contribution in [0, 0.1) is 0 Å². The van der Waals surface area contributed by atoms with Crippen LogP contribution in [0.15, 0.2) is 6.20 Å². The smallest absolute Gasteiger partial charge is 0.109 e. The number of aliphatic hydroxyl groups excluding tert-OH is 1. The highest BCUT2D eigenvalue weighted by Crippen LogP contribution is 2.31. The lowest BCUT2D eigenvalue weighted by molar-refractivity contribution is 0.240. The Balaban J connectivity index is 1.74. The third-order valence-corrected chi connectivity index (χ3v) is 5.62. The molecule has 1 saturated heterocycles. The number of hydrogen-bond acceptors (Lipinski definition) is 3. The molecule has 0 amide bonds. The number of aliphatic hydroxyl groups is 1. The molecule has 2 aliphatic rings. The molecule has 3 nitrogen and oxygen atoms in total. The molecule has 4 heteroatoms. The van der Waals surface area contributed by atoms with Crippen molar-refractivity contribution in [1.82, 2.24) is 9.55 Å². The molecule has 100 valence electrons. The highest BCUT2D eigenvalue weighted by Gasteiger charge is 2.24. The summed E-state index contributed by atoms with van der Waals surface area (Å²) in [6.45, 7) is 1.36. The van der Waals surface area contributed by atoms with E-state index in [9.17, 15) is 5.11 Å². The zero-order valence-corrected chi connectivity index (χ0v) is 11.7. The van der Waals surface area contributed by atoms with E-state index in [1.807, 2.05) is 6.20 Å². The molecule has 0 aromatic carbocycles. The molecule has 0 aliphatic carbocycles. The first-order chi connectivity index (χ1) is 8.88. The van der Waals surface area contributed by atoms with E-state index in [4.69, 9.17) is 0 Å². The summed E-state index contributed by atoms with van der Waals surface area (Å²) in [7, 11) is 0. The first-order valence-corrected chi connectivity index (χ1v) is 8.20. The van der Waals surface area contributed by atoms with E-state index in [0.717, 1.165) is 24.6 Å². The SMILES string of the molecule is OCC1CCCn2c1cnc2CC1CCCCS1. The van der Waals surface area contributed by atoms with Gasteiger partial charge in [0.1, 0.15) is 5.82 Å². The van der Waals surface area contributed by atoms with E-state index in [2.05, 4.69) is 21.3 Å². The maximum atomic E-state index is 9.42. The van der Waals surface area contributed by atoms with Gasteiger partial charge in [-0.1, -0.05) is 6.42 Å². The van der Waals surface area contributed by atoms with Gasteiger partial charge in [-0.3, -0.25) is 0 Å². The second-order valence-corrected chi connectivity index (χ2v) is 6.87. The molecule has 2 unspecified atom stereocenters. The van der Waals surface area contributed by atoms with Crippen molar-refractivity contribution >= 4 is 11.8 Å². The van der Waals surface area contributed by atoms with Crippen LogP contribution in [0.4, 0.5) is 0 Å². The predicted molar refractivity (Wildman–Crippen MR) is 75.1 cm³/mol. The molecule has 0 bridgehead atoms. The largest absolute Gasteiger partial charge is 0.396 e. The first-order valence-electron chi connectivity index (χ1n) is 7.15. The minimum absolute atomic E-state index is 0.267. The summed E-state index contributed by atoms with van der Waals surface area (Å²) in [6.07, 6.45) is 9.51. The highest BCUT2D eigenvalue weighted by atomic mass is 32.2. The minimum atomic E-state index is 0.267. The fourth-order valence-electron chi connectivity index (χ4n) is 3.18. The lowest BCUT2D eigenvalue weighted by Gasteiger charge is -2.25. The van der Waals surface area contributed by atoms with Gasteiger partial charge in [0.15, 0.2) is 0 Å². The van der Waals surface area contributed by atoms with E-state index in [1.165, 1.54) is 43.0 Å². The van der Waals surface area contributed by atoms with Gasteiger partial charge in [-0.25, -0.2) is 4.98 Å². The van der Waals surface area contributed by atoms with E-state index in [1.54, 1.807) is 0 Å². The van der Waals surface area contributed by atoms with Gasteiger partial charge in [0.2, 0.25) is 0 Å². The van der Waals surface area contributed by atoms with Gasteiger partial charge >= 0.3 is 0 Å². The Morgan fingerprint density at radius 2 is 2.28 bits per heavy atom. The first kappa shape index (κ1) is 12.5. The maximum absolute atomic E-state index is 9.42. The Morgan fingerprint density at radius 3 is 3.06 bits per heavy atom. The van der Waals surface area contributed by atoms with Crippen molar-refractivity contribution in [3.8, 4) is 0 Å². The minimum Gasteiger partial charge on any atom is -0.396 e. The van der Waals surface area contributed by atoms with E-state index in [-0.39, 0.29) is 6.61 Å². The van der Waals surface area contributed by atoms with Crippen LogP contribution in [0.3, 0.4) is 0 Å². The van der Waals surface area contributed by atoms with Crippen molar-refractivity contribution in [2.75, 3.05) is 12.4 Å². The fourth-order valence-corrected chi connectivity index (χ4v) is 4.48. The molecular weight excluding hydrogens is 244 g/mol. The lowest BCUT2D eigenvalue weighted by atomic mass is 9.97. The number of fused-ring (bicyclic) bond motifs is 1. The molecule has 0 saturated carbocycles. The maximum Gasteiger partial charge on any atom is 0.109 e. The molecule has 0 radical (unpaired) electrons. The van der Waals surface area contributed by atoms with Crippen LogP contribution < -0.4 is 0 Å². The van der Waals surface area contributed by atoms with E-state index < -0.39 is 0 Å². The molecule has 2 aliphatic heterocycles. The Labute approximate surface area is 113 Å². The van der Waals surface area contributed by atoms with Crippen LogP contribution in [0.2, 0.25) is 0 Å². The zero-order chi connectivity index (χ0) is 12.4. The summed E-state index contributed by atoms with van der Waals surface area (Å²) >= 11 is 2.12. The topological polar surface area (TPSA) is 38.0 Å². The predicted octanol–water partition coefficient (Wildman–Crippen LogP) is 2.58. The molecule has 1 N–H and O–H groups in total. The molecule has 18 heavy (non-hydrogen) atoms. The van der Waals surface area contributed by atoms with Crippen LogP contribution in [-0.4, -0.2) is 32.3 Å². The second-order valence-electron chi connectivity index (χ2n) is 5.47. The summed E-state index contributed by atoms with van der Waals surface area (Å²) < 4.78 is 2.37. The quantitative estimate of drug-likeness (QED) is 0.914. The van der Waals surface area contributed by atoms with Gasteiger partial charge in [-0.2, -0.15) is 11.8 Å².